The third-order valence-electron chi connectivity index (χ3n) is 6.46. The average molecular weight is 437 g/mol. The highest BCUT2D eigenvalue weighted by Crippen LogP contribution is 2.20. The summed E-state index contributed by atoms with van der Waals surface area (Å²) in [7, 11) is 0. The van der Waals surface area contributed by atoms with E-state index in [9.17, 15) is 14.4 Å². The summed E-state index contributed by atoms with van der Waals surface area (Å²) in [5.41, 5.74) is 1.10. The lowest BCUT2D eigenvalue weighted by Crippen LogP contribution is -2.50. The van der Waals surface area contributed by atoms with Crippen molar-refractivity contribution in [3.8, 4) is 0 Å². The van der Waals surface area contributed by atoms with Gasteiger partial charge in [0, 0.05) is 37.9 Å². The number of pyridine rings is 1. The summed E-state index contributed by atoms with van der Waals surface area (Å²) in [5, 5.41) is 2.87. The summed E-state index contributed by atoms with van der Waals surface area (Å²) in [6.07, 6.45) is 7.11. The number of hydrogen-bond donors (Lipinski definition) is 1. The van der Waals surface area contributed by atoms with E-state index in [2.05, 4.69) is 10.2 Å². The van der Waals surface area contributed by atoms with Gasteiger partial charge in [-0.3, -0.25) is 14.4 Å². The van der Waals surface area contributed by atoms with Crippen LogP contribution in [0.1, 0.15) is 48.0 Å². The molecule has 32 heavy (non-hydrogen) atoms. The van der Waals surface area contributed by atoms with Gasteiger partial charge in [0.2, 0.25) is 5.91 Å². The van der Waals surface area contributed by atoms with Gasteiger partial charge in [0.15, 0.2) is 0 Å². The maximum absolute atomic E-state index is 13.1. The molecule has 1 aromatic heterocycles. The molecule has 1 aromatic carbocycles. The molecule has 3 heterocycles. The SMILES string of the molecule is O=C(NCc1ccccc1)c1ccc(=O)n(CC(=O)N2CCCCC2CN2CCCC2)c1. The van der Waals surface area contributed by atoms with E-state index in [4.69, 9.17) is 0 Å². The highest BCUT2D eigenvalue weighted by molar-refractivity contribution is 5.93. The standard InChI is InChI=1S/C25H32N4O3/c30-23-12-11-21(25(32)26-16-20-8-2-1-3-9-20)17-28(23)19-24(31)29-15-5-4-10-22(29)18-27-13-6-7-14-27/h1-3,8-9,11-12,17,22H,4-7,10,13-16,18-19H2,(H,26,32). The smallest absolute Gasteiger partial charge is 0.253 e. The second-order valence-corrected chi connectivity index (χ2v) is 8.80. The molecule has 0 saturated carbocycles. The Morgan fingerprint density at radius 3 is 2.47 bits per heavy atom. The molecule has 0 spiro atoms. The summed E-state index contributed by atoms with van der Waals surface area (Å²) in [4.78, 5) is 42.5. The van der Waals surface area contributed by atoms with E-state index < -0.39 is 0 Å². The number of nitrogens with one attached hydrogen (secondary N) is 1. The molecule has 2 aliphatic rings. The van der Waals surface area contributed by atoms with Crippen LogP contribution in [-0.4, -0.2) is 58.4 Å². The van der Waals surface area contributed by atoms with Crippen molar-refractivity contribution in [1.82, 2.24) is 19.7 Å². The fourth-order valence-corrected chi connectivity index (χ4v) is 4.69. The van der Waals surface area contributed by atoms with Gasteiger partial charge in [0.1, 0.15) is 6.54 Å². The third kappa shape index (κ3) is 5.65. The Bertz CT molecular complexity index is 982. The Morgan fingerprint density at radius 2 is 1.69 bits per heavy atom. The van der Waals surface area contributed by atoms with Crippen molar-refractivity contribution in [2.45, 2.75) is 51.2 Å². The number of benzene rings is 1. The first-order chi connectivity index (χ1) is 15.6. The second kappa shape index (κ2) is 10.6. The Balaban J connectivity index is 1.40. The lowest BCUT2D eigenvalue weighted by Gasteiger charge is -2.38. The number of aromatic nitrogens is 1. The monoisotopic (exact) mass is 436 g/mol. The van der Waals surface area contributed by atoms with Crippen LogP contribution in [0.5, 0.6) is 0 Å². The molecule has 0 bridgehead atoms. The first kappa shape index (κ1) is 22.3. The number of likely N-dealkylation sites (tertiary alicyclic amines) is 2. The molecule has 2 aromatic rings. The van der Waals surface area contributed by atoms with E-state index >= 15 is 0 Å². The van der Waals surface area contributed by atoms with E-state index in [1.54, 1.807) is 0 Å². The minimum atomic E-state index is -0.272. The van der Waals surface area contributed by atoms with Gasteiger partial charge in [0.25, 0.3) is 11.5 Å². The predicted octanol–water partition coefficient (Wildman–Crippen LogP) is 2.26. The second-order valence-electron chi connectivity index (χ2n) is 8.80. The summed E-state index contributed by atoms with van der Waals surface area (Å²) >= 11 is 0. The van der Waals surface area contributed by atoms with E-state index in [1.165, 1.54) is 35.7 Å². The molecule has 1 unspecified atom stereocenters. The topological polar surface area (TPSA) is 74.6 Å². The number of piperidine rings is 1. The van der Waals surface area contributed by atoms with Crippen molar-refractivity contribution < 1.29 is 9.59 Å². The fourth-order valence-electron chi connectivity index (χ4n) is 4.69. The van der Waals surface area contributed by atoms with Crippen LogP contribution in [0.3, 0.4) is 0 Å². The molecule has 1 N–H and O–H groups in total. The Kier molecular flexibility index (Phi) is 7.37. The molecule has 2 aliphatic heterocycles. The maximum atomic E-state index is 13.1. The van der Waals surface area contributed by atoms with E-state index in [-0.39, 0.29) is 30.0 Å². The highest BCUT2D eigenvalue weighted by atomic mass is 16.2. The van der Waals surface area contributed by atoms with Crippen LogP contribution >= 0.6 is 0 Å². The minimum Gasteiger partial charge on any atom is -0.348 e. The zero-order valence-electron chi connectivity index (χ0n) is 18.5. The van der Waals surface area contributed by atoms with Gasteiger partial charge in [-0.15, -0.1) is 0 Å². The predicted molar refractivity (Wildman–Crippen MR) is 123 cm³/mol. The molecule has 2 saturated heterocycles. The van der Waals surface area contributed by atoms with Gasteiger partial charge in [-0.25, -0.2) is 0 Å². The van der Waals surface area contributed by atoms with Gasteiger partial charge in [-0.2, -0.15) is 0 Å². The first-order valence-electron chi connectivity index (χ1n) is 11.6. The van der Waals surface area contributed by atoms with Crippen molar-refractivity contribution in [2.75, 3.05) is 26.2 Å². The average Bonchev–Trinajstić information content (AvgIpc) is 3.33. The van der Waals surface area contributed by atoms with Crippen molar-refractivity contribution in [1.29, 1.82) is 0 Å². The summed E-state index contributed by atoms with van der Waals surface area (Å²) in [6.45, 7) is 4.25. The molecule has 7 nitrogen and oxygen atoms in total. The van der Waals surface area contributed by atoms with Crippen LogP contribution in [0.15, 0.2) is 53.5 Å². The molecule has 0 aliphatic carbocycles. The Labute approximate surface area is 189 Å². The van der Waals surface area contributed by atoms with Crippen LogP contribution in [0, 0.1) is 0 Å². The Morgan fingerprint density at radius 1 is 0.938 bits per heavy atom. The third-order valence-corrected chi connectivity index (χ3v) is 6.46. The zero-order chi connectivity index (χ0) is 22.3. The van der Waals surface area contributed by atoms with Crippen LogP contribution in [0.25, 0.3) is 0 Å². The number of rotatable bonds is 7. The van der Waals surface area contributed by atoms with Gasteiger partial charge >= 0.3 is 0 Å². The molecule has 0 radical (unpaired) electrons. The molecule has 170 valence electrons. The number of carbonyl (C=O) groups is 2. The summed E-state index contributed by atoms with van der Waals surface area (Å²) in [6, 6.07) is 12.7. The van der Waals surface area contributed by atoms with E-state index in [0.717, 1.165) is 51.0 Å². The van der Waals surface area contributed by atoms with Crippen LogP contribution in [-0.2, 0) is 17.9 Å². The van der Waals surface area contributed by atoms with Gasteiger partial charge < -0.3 is 19.7 Å². The largest absolute Gasteiger partial charge is 0.348 e. The molecule has 2 amide bonds. The van der Waals surface area contributed by atoms with Gasteiger partial charge in [0.05, 0.1) is 5.56 Å². The summed E-state index contributed by atoms with van der Waals surface area (Å²) in [5.74, 6) is -0.308. The highest BCUT2D eigenvalue weighted by Gasteiger charge is 2.29. The van der Waals surface area contributed by atoms with Crippen LogP contribution in [0.2, 0.25) is 0 Å². The first-order valence-corrected chi connectivity index (χ1v) is 11.6. The van der Waals surface area contributed by atoms with E-state index in [1.807, 2.05) is 35.2 Å². The molecule has 2 fully saturated rings. The summed E-state index contributed by atoms with van der Waals surface area (Å²) < 4.78 is 1.36. The quantitative estimate of drug-likeness (QED) is 0.723. The van der Waals surface area contributed by atoms with Gasteiger partial charge in [-0.1, -0.05) is 30.3 Å². The molecular formula is C25H32N4O3. The maximum Gasteiger partial charge on any atom is 0.253 e. The van der Waals surface area contributed by atoms with Crippen LogP contribution in [0.4, 0.5) is 0 Å². The molecule has 4 rings (SSSR count). The lowest BCUT2D eigenvalue weighted by molar-refractivity contribution is -0.136. The van der Waals surface area contributed by atoms with Crippen molar-refractivity contribution in [3.63, 3.8) is 0 Å². The molecule has 1 atom stereocenters. The van der Waals surface area contributed by atoms with Crippen molar-refractivity contribution in [2.24, 2.45) is 0 Å². The number of amides is 2. The zero-order valence-corrected chi connectivity index (χ0v) is 18.5. The lowest BCUT2D eigenvalue weighted by atomic mass is 10.0. The molecular weight excluding hydrogens is 404 g/mol. The molecule has 7 heteroatoms. The van der Waals surface area contributed by atoms with E-state index in [0.29, 0.717) is 12.1 Å². The van der Waals surface area contributed by atoms with Crippen LogP contribution < -0.4 is 10.9 Å². The number of carbonyl (C=O) groups excluding carboxylic acids is 2. The Hall–Kier alpha value is -2.93. The minimum absolute atomic E-state index is 0.0326. The number of hydrogen-bond acceptors (Lipinski definition) is 4. The van der Waals surface area contributed by atoms with Gasteiger partial charge in [-0.05, 0) is 56.8 Å². The van der Waals surface area contributed by atoms with Crippen molar-refractivity contribution in [3.05, 3.63) is 70.1 Å². The number of nitrogens with zero attached hydrogens (tertiary/aromatic N) is 3. The fraction of sp³-hybridized carbons (Fsp3) is 0.480. The van der Waals surface area contributed by atoms with Crippen molar-refractivity contribution >= 4 is 11.8 Å². The normalized spacial score (nSPS) is 19.1.